The number of nitrogens with zero attached hydrogens (tertiary/aromatic N) is 2. The Morgan fingerprint density at radius 1 is 1.00 bits per heavy atom. The fourth-order valence-electron chi connectivity index (χ4n) is 4.23. The van der Waals surface area contributed by atoms with Gasteiger partial charge in [0, 0.05) is 35.7 Å². The molecule has 2 aromatic carbocycles. The van der Waals surface area contributed by atoms with Crippen molar-refractivity contribution in [3.05, 3.63) is 63.6 Å². The van der Waals surface area contributed by atoms with Crippen LogP contribution in [0.4, 0.5) is 5.69 Å². The largest absolute Gasteiger partial charge is 0.478 e. The van der Waals surface area contributed by atoms with Crippen LogP contribution in [-0.2, 0) is 17.9 Å². The third kappa shape index (κ3) is 6.42. The number of benzene rings is 2. The molecule has 1 amide bonds. The second-order valence-electron chi connectivity index (χ2n) is 8.86. The molecule has 1 heterocycles. The summed E-state index contributed by atoms with van der Waals surface area (Å²) in [7, 11) is 0. The van der Waals surface area contributed by atoms with Gasteiger partial charge in [-0.3, -0.25) is 9.69 Å². The van der Waals surface area contributed by atoms with Gasteiger partial charge >= 0.3 is 5.97 Å². The molecule has 0 unspecified atom stereocenters. The van der Waals surface area contributed by atoms with Gasteiger partial charge in [0.05, 0.1) is 5.56 Å². The maximum Gasteiger partial charge on any atom is 0.335 e. The molecular formula is C26H33BrN2O3. The van der Waals surface area contributed by atoms with Gasteiger partial charge < -0.3 is 10.0 Å². The molecule has 0 saturated heterocycles. The van der Waals surface area contributed by atoms with Crippen molar-refractivity contribution in [3.63, 3.8) is 0 Å². The lowest BCUT2D eigenvalue weighted by molar-refractivity contribution is -0.121. The number of carbonyl (C=O) groups is 2. The van der Waals surface area contributed by atoms with Gasteiger partial charge in [0.15, 0.2) is 0 Å². The minimum atomic E-state index is -0.946. The first-order chi connectivity index (χ1) is 15.4. The van der Waals surface area contributed by atoms with Crippen LogP contribution < -0.4 is 4.90 Å². The predicted molar refractivity (Wildman–Crippen MR) is 132 cm³/mol. The third-order valence-electron chi connectivity index (χ3n) is 5.98. The minimum absolute atomic E-state index is 0.0868. The standard InChI is InChI=1S/C26H33BrN2O3/c1-19(2)25(30)29-15-9-5-3-4-8-14-28(17-21-10-6-7-11-23(21)27)18-22-16-20(26(31)32)12-13-24(22)29/h6-7,10-13,16,19H,3-5,8-9,14-15,17-18H2,1-2H3,(H,31,32). The number of carbonyl (C=O) groups excluding carboxylic acids is 1. The molecule has 0 saturated carbocycles. The highest BCUT2D eigenvalue weighted by Crippen LogP contribution is 2.28. The number of aromatic carboxylic acids is 1. The van der Waals surface area contributed by atoms with E-state index in [0.717, 1.165) is 60.9 Å². The Balaban J connectivity index is 2.02. The summed E-state index contributed by atoms with van der Waals surface area (Å²) in [6, 6.07) is 13.4. The van der Waals surface area contributed by atoms with Crippen LogP contribution in [0.1, 0.15) is 67.4 Å². The second-order valence-corrected chi connectivity index (χ2v) is 9.72. The molecule has 0 atom stereocenters. The van der Waals surface area contributed by atoms with Crippen LogP contribution >= 0.6 is 15.9 Å². The number of rotatable bonds is 4. The van der Waals surface area contributed by atoms with Crippen LogP contribution in [0.25, 0.3) is 0 Å². The molecule has 3 rings (SSSR count). The molecule has 1 aliphatic rings. The van der Waals surface area contributed by atoms with E-state index in [1.807, 2.05) is 43.0 Å². The first-order valence-corrected chi connectivity index (χ1v) is 12.3. The highest BCUT2D eigenvalue weighted by atomic mass is 79.9. The number of hydrogen-bond acceptors (Lipinski definition) is 3. The number of anilines is 1. The average Bonchev–Trinajstić information content (AvgIpc) is 2.76. The molecule has 0 aliphatic carbocycles. The van der Waals surface area contributed by atoms with Gasteiger partial charge in [-0.25, -0.2) is 4.79 Å². The lowest BCUT2D eigenvalue weighted by Crippen LogP contribution is -2.37. The molecule has 1 aliphatic heterocycles. The van der Waals surface area contributed by atoms with Crippen molar-refractivity contribution in [1.29, 1.82) is 0 Å². The maximum absolute atomic E-state index is 13.1. The monoisotopic (exact) mass is 500 g/mol. The highest BCUT2D eigenvalue weighted by molar-refractivity contribution is 9.10. The molecule has 1 N–H and O–H groups in total. The van der Waals surface area contributed by atoms with E-state index in [-0.39, 0.29) is 17.4 Å². The van der Waals surface area contributed by atoms with E-state index in [1.54, 1.807) is 12.1 Å². The van der Waals surface area contributed by atoms with Crippen LogP contribution in [0.5, 0.6) is 0 Å². The third-order valence-corrected chi connectivity index (χ3v) is 6.75. The molecule has 32 heavy (non-hydrogen) atoms. The van der Waals surface area contributed by atoms with Gasteiger partial charge in [0.1, 0.15) is 0 Å². The summed E-state index contributed by atoms with van der Waals surface area (Å²) in [5.74, 6) is -0.979. The van der Waals surface area contributed by atoms with Crippen LogP contribution in [0.15, 0.2) is 46.9 Å². The SMILES string of the molecule is CC(C)C(=O)N1CCCCCCCN(Cc2ccccc2Br)Cc2cc(C(=O)O)ccc21. The molecule has 5 nitrogen and oxygen atoms in total. The van der Waals surface area contributed by atoms with Crippen molar-refractivity contribution in [3.8, 4) is 0 Å². The fourth-order valence-corrected chi connectivity index (χ4v) is 4.64. The van der Waals surface area contributed by atoms with E-state index in [2.05, 4.69) is 26.9 Å². The highest BCUT2D eigenvalue weighted by Gasteiger charge is 2.23. The Morgan fingerprint density at radius 3 is 2.38 bits per heavy atom. The Bertz CT molecular complexity index is 944. The molecular weight excluding hydrogens is 468 g/mol. The van der Waals surface area contributed by atoms with Gasteiger partial charge in [-0.15, -0.1) is 0 Å². The number of fused-ring (bicyclic) bond motifs is 1. The molecule has 6 heteroatoms. The number of carboxylic acids is 1. The molecule has 2 aromatic rings. The summed E-state index contributed by atoms with van der Waals surface area (Å²) in [6.45, 7) is 6.79. The van der Waals surface area contributed by atoms with E-state index >= 15 is 0 Å². The molecule has 0 radical (unpaired) electrons. The van der Waals surface area contributed by atoms with E-state index in [0.29, 0.717) is 13.1 Å². The molecule has 0 spiro atoms. The van der Waals surface area contributed by atoms with Crippen LogP contribution in [0.2, 0.25) is 0 Å². The molecule has 0 bridgehead atoms. The topological polar surface area (TPSA) is 60.9 Å². The van der Waals surface area contributed by atoms with Gasteiger partial charge in [-0.1, -0.05) is 67.2 Å². The van der Waals surface area contributed by atoms with Crippen LogP contribution in [0, 0.1) is 5.92 Å². The fraction of sp³-hybridized carbons (Fsp3) is 0.462. The van der Waals surface area contributed by atoms with Crippen molar-refractivity contribution in [2.45, 2.75) is 59.0 Å². The summed E-state index contributed by atoms with van der Waals surface area (Å²) in [4.78, 5) is 29.1. The Kier molecular flexibility index (Phi) is 8.88. The number of carboxylic acid groups (broad SMARTS) is 1. The number of hydrogen-bond donors (Lipinski definition) is 1. The molecule has 0 aromatic heterocycles. The van der Waals surface area contributed by atoms with Gasteiger partial charge in [0.2, 0.25) is 5.91 Å². The predicted octanol–water partition coefficient (Wildman–Crippen LogP) is 6.10. The van der Waals surface area contributed by atoms with Crippen molar-refractivity contribution in [1.82, 2.24) is 4.90 Å². The quantitative estimate of drug-likeness (QED) is 0.550. The van der Waals surface area contributed by atoms with E-state index < -0.39 is 5.97 Å². The maximum atomic E-state index is 13.1. The average molecular weight is 501 g/mol. The number of halogens is 1. The lowest BCUT2D eigenvalue weighted by atomic mass is 10.0. The van der Waals surface area contributed by atoms with Crippen LogP contribution in [0.3, 0.4) is 0 Å². The Morgan fingerprint density at radius 2 is 1.69 bits per heavy atom. The van der Waals surface area contributed by atoms with Gasteiger partial charge in [-0.2, -0.15) is 0 Å². The summed E-state index contributed by atoms with van der Waals surface area (Å²) in [5, 5.41) is 9.60. The number of amides is 1. The smallest absolute Gasteiger partial charge is 0.335 e. The van der Waals surface area contributed by atoms with Crippen molar-refractivity contribution in [2.24, 2.45) is 5.92 Å². The zero-order valence-corrected chi connectivity index (χ0v) is 20.6. The first kappa shape index (κ1) is 24.5. The van der Waals surface area contributed by atoms with Crippen molar-refractivity contribution < 1.29 is 14.7 Å². The van der Waals surface area contributed by atoms with Gasteiger partial charge in [0.25, 0.3) is 0 Å². The summed E-state index contributed by atoms with van der Waals surface area (Å²) in [6.07, 6.45) is 5.48. The Hall–Kier alpha value is -2.18. The summed E-state index contributed by atoms with van der Waals surface area (Å²) < 4.78 is 1.07. The van der Waals surface area contributed by atoms with Crippen molar-refractivity contribution in [2.75, 3.05) is 18.0 Å². The van der Waals surface area contributed by atoms with E-state index in [9.17, 15) is 14.7 Å². The van der Waals surface area contributed by atoms with Crippen molar-refractivity contribution >= 4 is 33.5 Å². The second kappa shape index (κ2) is 11.6. The summed E-state index contributed by atoms with van der Waals surface area (Å²) in [5.41, 5.74) is 3.19. The lowest BCUT2D eigenvalue weighted by Gasteiger charge is -2.30. The zero-order valence-electron chi connectivity index (χ0n) is 19.0. The minimum Gasteiger partial charge on any atom is -0.478 e. The van der Waals surface area contributed by atoms with Crippen LogP contribution in [-0.4, -0.2) is 35.0 Å². The Labute approximate surface area is 199 Å². The van der Waals surface area contributed by atoms with E-state index in [1.165, 1.54) is 5.56 Å². The summed E-state index contributed by atoms with van der Waals surface area (Å²) >= 11 is 3.66. The molecule has 172 valence electrons. The van der Waals surface area contributed by atoms with E-state index in [4.69, 9.17) is 0 Å². The first-order valence-electron chi connectivity index (χ1n) is 11.5. The van der Waals surface area contributed by atoms with Gasteiger partial charge in [-0.05, 0) is 54.8 Å². The normalized spacial score (nSPS) is 16.2. The molecule has 0 fully saturated rings. The zero-order chi connectivity index (χ0) is 23.1.